The van der Waals surface area contributed by atoms with Crippen LogP contribution < -0.4 is 5.32 Å². The number of hydrogen-bond acceptors (Lipinski definition) is 3. The largest absolute Gasteiger partial charge is 0.391 e. The zero-order chi connectivity index (χ0) is 16.3. The van der Waals surface area contributed by atoms with Gasteiger partial charge >= 0.3 is 0 Å². The van der Waals surface area contributed by atoms with Gasteiger partial charge in [-0.3, -0.25) is 4.79 Å². The Morgan fingerprint density at radius 2 is 1.95 bits per heavy atom. The second-order valence-electron chi connectivity index (χ2n) is 4.73. The Morgan fingerprint density at radius 3 is 2.55 bits per heavy atom. The molecule has 2 rings (SSSR count). The number of aromatic nitrogens is 1. The number of nitrogens with one attached hydrogen (secondary N) is 1. The molecule has 2 atom stereocenters. The highest BCUT2D eigenvalue weighted by atomic mass is 127. The summed E-state index contributed by atoms with van der Waals surface area (Å²) in [7, 11) is 0. The summed E-state index contributed by atoms with van der Waals surface area (Å²) in [6, 6.07) is 8.39. The zero-order valence-electron chi connectivity index (χ0n) is 11.6. The van der Waals surface area contributed by atoms with Crippen molar-refractivity contribution >= 4 is 51.7 Å². The van der Waals surface area contributed by atoms with Gasteiger partial charge in [-0.05, 0) is 53.3 Å². The fourth-order valence-corrected chi connectivity index (χ4v) is 2.67. The minimum absolute atomic E-state index is 0.178. The third-order valence-corrected chi connectivity index (χ3v) is 4.29. The monoisotopic (exact) mass is 450 g/mol. The van der Waals surface area contributed by atoms with Crippen molar-refractivity contribution in [3.63, 3.8) is 0 Å². The van der Waals surface area contributed by atoms with E-state index in [-0.39, 0.29) is 15.7 Å². The third kappa shape index (κ3) is 4.32. The van der Waals surface area contributed by atoms with E-state index < -0.39 is 18.1 Å². The molecule has 2 N–H and O–H groups in total. The van der Waals surface area contributed by atoms with E-state index in [1.54, 1.807) is 6.92 Å². The molecular weight excluding hydrogens is 438 g/mol. The highest BCUT2D eigenvalue weighted by Gasteiger charge is 2.22. The van der Waals surface area contributed by atoms with Crippen LogP contribution in [0.15, 0.2) is 36.5 Å². The van der Waals surface area contributed by atoms with E-state index in [0.717, 1.165) is 9.13 Å². The van der Waals surface area contributed by atoms with Gasteiger partial charge in [0, 0.05) is 9.77 Å². The summed E-state index contributed by atoms with van der Waals surface area (Å²) in [4.78, 5) is 16.2. The van der Waals surface area contributed by atoms with Gasteiger partial charge in [-0.2, -0.15) is 0 Å². The molecule has 0 aliphatic carbocycles. The van der Waals surface area contributed by atoms with Gasteiger partial charge in [-0.1, -0.05) is 35.3 Å². The molecule has 0 bridgehead atoms. The molecule has 1 aromatic carbocycles. The highest BCUT2D eigenvalue weighted by Crippen LogP contribution is 2.22. The first-order valence-corrected chi connectivity index (χ1v) is 8.27. The number of pyridine rings is 1. The molecular formula is C15H13Cl2IN2O2. The Bertz CT molecular complexity index is 678. The van der Waals surface area contributed by atoms with Gasteiger partial charge in [0.25, 0.3) is 5.91 Å². The minimum atomic E-state index is -0.764. The first-order chi connectivity index (χ1) is 10.4. The Labute approximate surface area is 152 Å². The summed E-state index contributed by atoms with van der Waals surface area (Å²) in [6.07, 6.45) is 0.557. The summed E-state index contributed by atoms with van der Waals surface area (Å²) in [5.41, 5.74) is 1.03. The molecule has 0 saturated heterocycles. The topological polar surface area (TPSA) is 62.2 Å². The molecule has 2 aromatic rings. The predicted octanol–water partition coefficient (Wildman–Crippen LogP) is 3.84. The number of halogens is 3. The molecule has 1 amide bonds. The fraction of sp³-hybridized carbons (Fsp3) is 0.200. The lowest BCUT2D eigenvalue weighted by Gasteiger charge is -2.22. The van der Waals surface area contributed by atoms with E-state index in [0.29, 0.717) is 0 Å². The standard InChI is InChI=1S/C15H13Cl2IN2O2/c1-8(21)14(9-2-4-10(18)5-3-9)20-15(22)11-6-13(17)19-7-12(11)16/h2-8,14,21H,1H3,(H,20,22). The maximum atomic E-state index is 12.4. The second-order valence-corrected chi connectivity index (χ2v) is 6.77. The Hall–Kier alpha value is -0.890. The normalized spacial score (nSPS) is 13.5. The van der Waals surface area contributed by atoms with Crippen LogP contribution in [0, 0.1) is 3.57 Å². The molecule has 1 heterocycles. The van der Waals surface area contributed by atoms with E-state index in [1.807, 2.05) is 24.3 Å². The first-order valence-electron chi connectivity index (χ1n) is 6.44. The van der Waals surface area contributed by atoms with Crippen LogP contribution in [-0.2, 0) is 0 Å². The summed E-state index contributed by atoms with van der Waals surface area (Å²) in [5, 5.41) is 13.1. The maximum Gasteiger partial charge on any atom is 0.253 e. The molecule has 1 aromatic heterocycles. The molecule has 0 aliphatic heterocycles. The van der Waals surface area contributed by atoms with E-state index >= 15 is 0 Å². The van der Waals surface area contributed by atoms with Crippen LogP contribution in [0.1, 0.15) is 28.9 Å². The van der Waals surface area contributed by atoms with Crippen molar-refractivity contribution in [2.75, 3.05) is 0 Å². The van der Waals surface area contributed by atoms with Crippen molar-refractivity contribution in [2.45, 2.75) is 19.1 Å². The number of hydrogen-bond donors (Lipinski definition) is 2. The molecule has 0 fully saturated rings. The molecule has 116 valence electrons. The summed E-state index contributed by atoms with van der Waals surface area (Å²) in [6.45, 7) is 1.62. The Balaban J connectivity index is 2.26. The van der Waals surface area contributed by atoms with Crippen LogP contribution in [0.2, 0.25) is 10.2 Å². The van der Waals surface area contributed by atoms with Gasteiger partial charge in [0.1, 0.15) is 5.15 Å². The zero-order valence-corrected chi connectivity index (χ0v) is 15.2. The van der Waals surface area contributed by atoms with E-state index in [1.165, 1.54) is 12.3 Å². The fourth-order valence-electron chi connectivity index (χ4n) is 1.96. The molecule has 22 heavy (non-hydrogen) atoms. The quantitative estimate of drug-likeness (QED) is 0.549. The predicted molar refractivity (Wildman–Crippen MR) is 95.3 cm³/mol. The van der Waals surface area contributed by atoms with Gasteiger partial charge in [-0.25, -0.2) is 4.98 Å². The van der Waals surface area contributed by atoms with Crippen LogP contribution in [0.4, 0.5) is 0 Å². The summed E-state index contributed by atoms with van der Waals surface area (Å²) < 4.78 is 1.07. The van der Waals surface area contributed by atoms with E-state index in [4.69, 9.17) is 23.2 Å². The Kier molecular flexibility index (Phi) is 6.02. The molecule has 4 nitrogen and oxygen atoms in total. The van der Waals surface area contributed by atoms with Crippen molar-refractivity contribution in [3.05, 3.63) is 61.4 Å². The lowest BCUT2D eigenvalue weighted by Crippen LogP contribution is -2.35. The van der Waals surface area contributed by atoms with Crippen LogP contribution in [0.3, 0.4) is 0 Å². The van der Waals surface area contributed by atoms with Gasteiger partial charge in [0.15, 0.2) is 0 Å². The smallest absolute Gasteiger partial charge is 0.253 e. The third-order valence-electron chi connectivity index (χ3n) is 3.06. The lowest BCUT2D eigenvalue weighted by atomic mass is 10.0. The number of amides is 1. The molecule has 0 radical (unpaired) electrons. The summed E-state index contributed by atoms with van der Waals surface area (Å²) >= 11 is 14.0. The molecule has 0 saturated carbocycles. The van der Waals surface area contributed by atoms with Crippen molar-refractivity contribution in [2.24, 2.45) is 0 Å². The van der Waals surface area contributed by atoms with Gasteiger partial charge < -0.3 is 10.4 Å². The SMILES string of the molecule is CC(O)C(NC(=O)c1cc(Cl)ncc1Cl)c1ccc(I)cc1. The summed E-state index contributed by atoms with van der Waals surface area (Å²) in [5.74, 6) is -0.418. The van der Waals surface area contributed by atoms with Crippen LogP contribution >= 0.6 is 45.8 Å². The second kappa shape index (κ2) is 7.59. The number of aliphatic hydroxyl groups excluding tert-OH is 1. The van der Waals surface area contributed by atoms with Crippen LogP contribution in [-0.4, -0.2) is 22.1 Å². The minimum Gasteiger partial charge on any atom is -0.391 e. The molecule has 0 spiro atoms. The van der Waals surface area contributed by atoms with Crippen molar-refractivity contribution in [3.8, 4) is 0 Å². The number of nitrogens with zero attached hydrogens (tertiary/aromatic N) is 1. The number of carbonyl (C=O) groups is 1. The van der Waals surface area contributed by atoms with Crippen LogP contribution in [0.5, 0.6) is 0 Å². The number of benzene rings is 1. The lowest BCUT2D eigenvalue weighted by molar-refractivity contribution is 0.0858. The van der Waals surface area contributed by atoms with Crippen molar-refractivity contribution < 1.29 is 9.90 Å². The van der Waals surface area contributed by atoms with Crippen LogP contribution in [0.25, 0.3) is 0 Å². The first kappa shape index (κ1) is 17.5. The van der Waals surface area contributed by atoms with Crippen molar-refractivity contribution in [1.29, 1.82) is 0 Å². The number of carbonyl (C=O) groups excluding carboxylic acids is 1. The van der Waals surface area contributed by atoms with Gasteiger partial charge in [-0.15, -0.1) is 0 Å². The molecule has 0 aliphatic rings. The average molecular weight is 451 g/mol. The van der Waals surface area contributed by atoms with Crippen molar-refractivity contribution in [1.82, 2.24) is 10.3 Å². The highest BCUT2D eigenvalue weighted by molar-refractivity contribution is 14.1. The molecule has 2 unspecified atom stereocenters. The average Bonchev–Trinajstić information content (AvgIpc) is 2.48. The maximum absolute atomic E-state index is 12.4. The van der Waals surface area contributed by atoms with E-state index in [9.17, 15) is 9.90 Å². The van der Waals surface area contributed by atoms with Gasteiger partial charge in [0.2, 0.25) is 0 Å². The number of rotatable bonds is 4. The van der Waals surface area contributed by atoms with Gasteiger partial charge in [0.05, 0.1) is 22.7 Å². The Morgan fingerprint density at radius 1 is 1.32 bits per heavy atom. The number of aliphatic hydroxyl groups is 1. The molecule has 7 heteroatoms. The van der Waals surface area contributed by atoms with E-state index in [2.05, 4.69) is 32.9 Å².